The fourth-order valence-electron chi connectivity index (χ4n) is 5.30. The Morgan fingerprint density at radius 2 is 0.939 bits per heavy atom. The second kappa shape index (κ2) is 10.9. The van der Waals surface area contributed by atoms with Crippen molar-refractivity contribution >= 4 is 11.8 Å². The number of amides is 2. The SMILES string of the molecule is O=C(NC1CCC(CC2CCC(NC(=O)c3ccc(F)cc3)CC2)CC1)c1ccc(F)cc1. The molecule has 2 aliphatic rings. The van der Waals surface area contributed by atoms with Crippen molar-refractivity contribution in [2.45, 2.75) is 69.9 Å². The maximum atomic E-state index is 13.0. The van der Waals surface area contributed by atoms with Crippen molar-refractivity contribution in [3.05, 3.63) is 71.3 Å². The van der Waals surface area contributed by atoms with Crippen LogP contribution in [0.4, 0.5) is 8.78 Å². The smallest absolute Gasteiger partial charge is 0.251 e. The zero-order chi connectivity index (χ0) is 23.2. The Hall–Kier alpha value is -2.76. The molecule has 0 saturated heterocycles. The minimum atomic E-state index is -0.337. The average Bonchev–Trinajstić information content (AvgIpc) is 2.82. The molecule has 0 unspecified atom stereocenters. The third kappa shape index (κ3) is 6.62. The summed E-state index contributed by atoms with van der Waals surface area (Å²) in [5, 5.41) is 6.19. The van der Waals surface area contributed by atoms with Gasteiger partial charge in [-0.2, -0.15) is 0 Å². The van der Waals surface area contributed by atoms with Gasteiger partial charge in [0.1, 0.15) is 11.6 Å². The van der Waals surface area contributed by atoms with Crippen LogP contribution in [-0.4, -0.2) is 23.9 Å². The van der Waals surface area contributed by atoms with Crippen LogP contribution in [0.3, 0.4) is 0 Å². The van der Waals surface area contributed by atoms with Crippen LogP contribution < -0.4 is 10.6 Å². The first-order chi connectivity index (χ1) is 16.0. The molecule has 2 N–H and O–H groups in total. The molecular formula is C27H32F2N2O2. The van der Waals surface area contributed by atoms with Gasteiger partial charge in [-0.3, -0.25) is 9.59 Å². The summed E-state index contributed by atoms with van der Waals surface area (Å²) in [6.07, 6.45) is 9.65. The van der Waals surface area contributed by atoms with Crippen molar-refractivity contribution in [3.8, 4) is 0 Å². The van der Waals surface area contributed by atoms with Gasteiger partial charge in [-0.1, -0.05) is 0 Å². The van der Waals surface area contributed by atoms with Gasteiger partial charge < -0.3 is 10.6 Å². The second-order valence-electron chi connectivity index (χ2n) is 9.63. The molecule has 4 nitrogen and oxygen atoms in total. The third-order valence-corrected chi connectivity index (χ3v) is 7.24. The molecule has 0 heterocycles. The summed E-state index contributed by atoms with van der Waals surface area (Å²) < 4.78 is 26.1. The Bertz CT molecular complexity index is 852. The van der Waals surface area contributed by atoms with E-state index in [1.165, 1.54) is 55.0 Å². The number of carbonyl (C=O) groups is 2. The molecule has 2 saturated carbocycles. The van der Waals surface area contributed by atoms with E-state index in [9.17, 15) is 18.4 Å². The molecule has 0 bridgehead atoms. The number of halogens is 2. The van der Waals surface area contributed by atoms with Crippen molar-refractivity contribution in [2.24, 2.45) is 11.8 Å². The highest BCUT2D eigenvalue weighted by Crippen LogP contribution is 2.35. The molecule has 0 spiro atoms. The third-order valence-electron chi connectivity index (χ3n) is 7.24. The molecule has 2 aromatic carbocycles. The lowest BCUT2D eigenvalue weighted by molar-refractivity contribution is 0.0917. The maximum absolute atomic E-state index is 13.0. The first kappa shape index (κ1) is 23.4. The molecule has 2 aliphatic carbocycles. The summed E-state index contributed by atoms with van der Waals surface area (Å²) >= 11 is 0. The minimum Gasteiger partial charge on any atom is -0.349 e. The highest BCUT2D eigenvalue weighted by Gasteiger charge is 2.28. The topological polar surface area (TPSA) is 58.2 Å². The van der Waals surface area contributed by atoms with Gasteiger partial charge in [0.15, 0.2) is 0 Å². The molecule has 176 valence electrons. The normalized spacial score (nSPS) is 25.3. The number of hydrogen-bond acceptors (Lipinski definition) is 2. The van der Waals surface area contributed by atoms with Crippen LogP contribution in [0.25, 0.3) is 0 Å². The lowest BCUT2D eigenvalue weighted by Crippen LogP contribution is -2.39. The fraction of sp³-hybridized carbons (Fsp3) is 0.481. The molecule has 33 heavy (non-hydrogen) atoms. The highest BCUT2D eigenvalue weighted by molar-refractivity contribution is 5.94. The van der Waals surface area contributed by atoms with Crippen LogP contribution in [0.15, 0.2) is 48.5 Å². The quantitative estimate of drug-likeness (QED) is 0.594. The highest BCUT2D eigenvalue weighted by atomic mass is 19.1. The molecule has 2 fully saturated rings. The van der Waals surface area contributed by atoms with Crippen molar-refractivity contribution in [3.63, 3.8) is 0 Å². The lowest BCUT2D eigenvalue weighted by atomic mass is 9.75. The van der Waals surface area contributed by atoms with Gasteiger partial charge in [-0.15, -0.1) is 0 Å². The van der Waals surface area contributed by atoms with E-state index in [4.69, 9.17) is 0 Å². The standard InChI is InChI=1S/C27H32F2N2O2/c28-22-9-5-20(6-10-22)26(32)30-24-13-1-18(2-14-24)17-19-3-15-25(16-4-19)31-27(33)21-7-11-23(29)12-8-21/h5-12,18-19,24-25H,1-4,13-17H2,(H,30,32)(H,31,33). The predicted octanol–water partition coefficient (Wildman–Crippen LogP) is 5.63. The molecule has 2 amide bonds. The van der Waals surface area contributed by atoms with Gasteiger partial charge in [-0.05, 0) is 118 Å². The summed E-state index contributed by atoms with van der Waals surface area (Å²) in [6.45, 7) is 0. The van der Waals surface area contributed by atoms with Crippen LogP contribution in [0.2, 0.25) is 0 Å². The number of carbonyl (C=O) groups excluding carboxylic acids is 2. The zero-order valence-electron chi connectivity index (χ0n) is 18.9. The Morgan fingerprint density at radius 3 is 1.27 bits per heavy atom. The number of benzene rings is 2. The summed E-state index contributed by atoms with van der Waals surface area (Å²) in [5.41, 5.74) is 1.00. The van der Waals surface area contributed by atoms with E-state index in [-0.39, 0.29) is 35.5 Å². The van der Waals surface area contributed by atoms with Gasteiger partial charge in [-0.25, -0.2) is 8.78 Å². The van der Waals surface area contributed by atoms with E-state index >= 15 is 0 Å². The Labute approximate surface area is 194 Å². The molecule has 2 aromatic rings. The first-order valence-corrected chi connectivity index (χ1v) is 12.1. The first-order valence-electron chi connectivity index (χ1n) is 12.1. The van der Waals surface area contributed by atoms with Crippen LogP contribution >= 0.6 is 0 Å². The van der Waals surface area contributed by atoms with Crippen molar-refractivity contribution in [1.29, 1.82) is 0 Å². The van der Waals surface area contributed by atoms with Crippen molar-refractivity contribution in [2.75, 3.05) is 0 Å². The summed E-state index contributed by atoms with van der Waals surface area (Å²) in [5.74, 6) is 0.463. The van der Waals surface area contributed by atoms with Gasteiger partial charge >= 0.3 is 0 Å². The number of hydrogen-bond donors (Lipinski definition) is 2. The molecule has 0 aromatic heterocycles. The molecular weight excluding hydrogens is 422 g/mol. The van der Waals surface area contributed by atoms with Crippen LogP contribution in [0, 0.1) is 23.5 Å². The molecule has 4 rings (SSSR count). The van der Waals surface area contributed by atoms with Crippen LogP contribution in [0.1, 0.15) is 78.5 Å². The largest absolute Gasteiger partial charge is 0.349 e. The second-order valence-corrected chi connectivity index (χ2v) is 9.63. The maximum Gasteiger partial charge on any atom is 0.251 e. The zero-order valence-corrected chi connectivity index (χ0v) is 18.9. The van der Waals surface area contributed by atoms with Gasteiger partial charge in [0.05, 0.1) is 0 Å². The molecule has 6 heteroatoms. The van der Waals surface area contributed by atoms with Gasteiger partial charge in [0.25, 0.3) is 11.8 Å². The Balaban J connectivity index is 1.14. The van der Waals surface area contributed by atoms with E-state index in [0.29, 0.717) is 23.0 Å². The van der Waals surface area contributed by atoms with Crippen molar-refractivity contribution in [1.82, 2.24) is 10.6 Å². The summed E-state index contributed by atoms with van der Waals surface area (Å²) in [4.78, 5) is 24.7. The van der Waals surface area contributed by atoms with Crippen LogP contribution in [0.5, 0.6) is 0 Å². The monoisotopic (exact) mass is 454 g/mol. The van der Waals surface area contributed by atoms with E-state index in [1.807, 2.05) is 0 Å². The fourth-order valence-corrected chi connectivity index (χ4v) is 5.30. The van der Waals surface area contributed by atoms with E-state index < -0.39 is 0 Å². The van der Waals surface area contributed by atoms with Crippen LogP contribution in [-0.2, 0) is 0 Å². The molecule has 0 aliphatic heterocycles. The van der Waals surface area contributed by atoms with E-state index in [2.05, 4.69) is 10.6 Å². The van der Waals surface area contributed by atoms with E-state index in [1.54, 1.807) is 0 Å². The van der Waals surface area contributed by atoms with Gasteiger partial charge in [0.2, 0.25) is 0 Å². The molecule has 0 atom stereocenters. The average molecular weight is 455 g/mol. The predicted molar refractivity (Wildman–Crippen MR) is 124 cm³/mol. The number of nitrogens with one attached hydrogen (secondary N) is 2. The van der Waals surface area contributed by atoms with E-state index in [0.717, 1.165) is 51.4 Å². The minimum absolute atomic E-state index is 0.126. The number of rotatable bonds is 6. The Morgan fingerprint density at radius 1 is 0.606 bits per heavy atom. The summed E-state index contributed by atoms with van der Waals surface area (Å²) in [6, 6.07) is 11.7. The van der Waals surface area contributed by atoms with Crippen molar-refractivity contribution < 1.29 is 18.4 Å². The lowest BCUT2D eigenvalue weighted by Gasteiger charge is -2.34. The summed E-state index contributed by atoms with van der Waals surface area (Å²) in [7, 11) is 0. The van der Waals surface area contributed by atoms with Gasteiger partial charge in [0, 0.05) is 23.2 Å². The Kier molecular flexibility index (Phi) is 7.73. The molecule has 0 radical (unpaired) electrons.